The Hall–Kier alpha value is -2.14. The number of nitriles is 1. The minimum absolute atomic E-state index is 0.399. The molecule has 0 atom stereocenters. The van der Waals surface area contributed by atoms with Crippen LogP contribution in [0.3, 0.4) is 0 Å². The number of pyridine rings is 1. The van der Waals surface area contributed by atoms with Crippen LogP contribution in [-0.2, 0) is 6.42 Å². The zero-order valence-electron chi connectivity index (χ0n) is 10.1. The van der Waals surface area contributed by atoms with E-state index >= 15 is 0 Å². The van der Waals surface area contributed by atoms with Crippen LogP contribution in [0, 0.1) is 25.2 Å². The molecule has 2 heteroatoms. The van der Waals surface area contributed by atoms with Gasteiger partial charge in [-0.25, -0.2) is 0 Å². The van der Waals surface area contributed by atoms with Gasteiger partial charge in [0.15, 0.2) is 0 Å². The van der Waals surface area contributed by atoms with Crippen molar-refractivity contribution >= 4 is 0 Å². The smallest absolute Gasteiger partial charge is 0.0744 e. The van der Waals surface area contributed by atoms with Gasteiger partial charge in [0.2, 0.25) is 0 Å². The molecule has 0 aliphatic carbocycles. The second-order valence-electron chi connectivity index (χ2n) is 4.15. The van der Waals surface area contributed by atoms with Crippen molar-refractivity contribution in [3.8, 4) is 17.3 Å². The van der Waals surface area contributed by atoms with Crippen molar-refractivity contribution in [3.05, 3.63) is 53.2 Å². The van der Waals surface area contributed by atoms with Crippen LogP contribution in [0.4, 0.5) is 0 Å². The number of aryl methyl sites for hydroxylation is 2. The van der Waals surface area contributed by atoms with E-state index in [9.17, 15) is 0 Å². The highest BCUT2D eigenvalue weighted by Gasteiger charge is 2.06. The first-order valence-corrected chi connectivity index (χ1v) is 5.61. The summed E-state index contributed by atoms with van der Waals surface area (Å²) in [5.74, 6) is 0. The van der Waals surface area contributed by atoms with Gasteiger partial charge in [-0.05, 0) is 42.7 Å². The molecule has 0 unspecified atom stereocenters. The van der Waals surface area contributed by atoms with E-state index in [0.29, 0.717) is 6.42 Å². The third-order valence-corrected chi connectivity index (χ3v) is 2.94. The maximum atomic E-state index is 8.81. The summed E-state index contributed by atoms with van der Waals surface area (Å²) in [6.45, 7) is 4.18. The summed E-state index contributed by atoms with van der Waals surface area (Å²) < 4.78 is 0. The van der Waals surface area contributed by atoms with E-state index in [2.05, 4.69) is 43.1 Å². The molecule has 0 aliphatic heterocycles. The van der Waals surface area contributed by atoms with Crippen molar-refractivity contribution < 1.29 is 0 Å². The third-order valence-electron chi connectivity index (χ3n) is 2.94. The number of aromatic nitrogens is 1. The normalized spacial score (nSPS) is 9.94. The molecule has 0 N–H and O–H groups in total. The zero-order chi connectivity index (χ0) is 12.3. The molecule has 0 aliphatic rings. The first kappa shape index (κ1) is 11.3. The van der Waals surface area contributed by atoms with Gasteiger partial charge in [-0.15, -0.1) is 0 Å². The number of nitrogens with zero attached hydrogens (tertiary/aromatic N) is 2. The van der Waals surface area contributed by atoms with Gasteiger partial charge in [-0.3, -0.25) is 4.98 Å². The van der Waals surface area contributed by atoms with Crippen molar-refractivity contribution in [1.82, 2.24) is 4.98 Å². The Morgan fingerprint density at radius 3 is 2.71 bits per heavy atom. The first-order chi connectivity index (χ1) is 8.22. The van der Waals surface area contributed by atoms with Gasteiger partial charge < -0.3 is 0 Å². The number of benzene rings is 1. The van der Waals surface area contributed by atoms with E-state index in [1.807, 2.05) is 12.1 Å². The average molecular weight is 222 g/mol. The number of hydrogen-bond donors (Lipinski definition) is 0. The summed E-state index contributed by atoms with van der Waals surface area (Å²) in [7, 11) is 0. The van der Waals surface area contributed by atoms with E-state index < -0.39 is 0 Å². The molecule has 1 aromatic carbocycles. The van der Waals surface area contributed by atoms with Crippen LogP contribution >= 0.6 is 0 Å². The first-order valence-electron chi connectivity index (χ1n) is 5.61. The highest BCUT2D eigenvalue weighted by atomic mass is 14.7. The molecule has 0 fully saturated rings. The zero-order valence-corrected chi connectivity index (χ0v) is 10.1. The lowest BCUT2D eigenvalue weighted by molar-refractivity contribution is 1.19. The second kappa shape index (κ2) is 4.80. The molecule has 84 valence electrons. The maximum absolute atomic E-state index is 8.81. The van der Waals surface area contributed by atoms with Gasteiger partial charge in [0, 0.05) is 11.8 Å². The van der Waals surface area contributed by atoms with Crippen LogP contribution in [0.1, 0.15) is 16.7 Å². The Balaban J connectivity index is 2.53. The van der Waals surface area contributed by atoms with E-state index in [0.717, 1.165) is 16.8 Å². The Morgan fingerprint density at radius 1 is 1.18 bits per heavy atom. The van der Waals surface area contributed by atoms with Gasteiger partial charge in [-0.1, -0.05) is 18.2 Å². The monoisotopic (exact) mass is 222 g/mol. The largest absolute Gasteiger partial charge is 0.256 e. The molecule has 0 radical (unpaired) electrons. The van der Waals surface area contributed by atoms with E-state index in [4.69, 9.17) is 5.26 Å². The molecule has 1 heterocycles. The van der Waals surface area contributed by atoms with Crippen LogP contribution in [0.5, 0.6) is 0 Å². The molecule has 17 heavy (non-hydrogen) atoms. The molecule has 0 spiro atoms. The van der Waals surface area contributed by atoms with Crippen LogP contribution < -0.4 is 0 Å². The molecular weight excluding hydrogens is 208 g/mol. The SMILES string of the molecule is Cc1ccc(-c2ncccc2CC#N)cc1C. The summed E-state index contributed by atoms with van der Waals surface area (Å²) in [6, 6.07) is 12.3. The molecule has 2 aromatic rings. The van der Waals surface area contributed by atoms with Crippen LogP contribution in [0.25, 0.3) is 11.3 Å². The van der Waals surface area contributed by atoms with Crippen molar-refractivity contribution in [2.24, 2.45) is 0 Å². The lowest BCUT2D eigenvalue weighted by Gasteiger charge is -2.08. The van der Waals surface area contributed by atoms with Gasteiger partial charge in [-0.2, -0.15) is 5.26 Å². The Bertz CT molecular complexity index is 580. The van der Waals surface area contributed by atoms with E-state index in [1.54, 1.807) is 6.20 Å². The lowest BCUT2D eigenvalue weighted by atomic mass is 10.00. The highest BCUT2D eigenvalue weighted by Crippen LogP contribution is 2.23. The summed E-state index contributed by atoms with van der Waals surface area (Å²) >= 11 is 0. The topological polar surface area (TPSA) is 36.7 Å². The molecule has 0 amide bonds. The molecule has 0 saturated carbocycles. The average Bonchev–Trinajstić information content (AvgIpc) is 2.34. The predicted octanol–water partition coefficient (Wildman–Crippen LogP) is 3.43. The van der Waals surface area contributed by atoms with Crippen LogP contribution in [-0.4, -0.2) is 4.98 Å². The minimum Gasteiger partial charge on any atom is -0.256 e. The van der Waals surface area contributed by atoms with Gasteiger partial charge in [0.25, 0.3) is 0 Å². The van der Waals surface area contributed by atoms with Gasteiger partial charge >= 0.3 is 0 Å². The molecule has 2 nitrogen and oxygen atoms in total. The quantitative estimate of drug-likeness (QED) is 0.780. The van der Waals surface area contributed by atoms with Crippen molar-refractivity contribution in [1.29, 1.82) is 5.26 Å². The van der Waals surface area contributed by atoms with Crippen LogP contribution in [0.15, 0.2) is 36.5 Å². The van der Waals surface area contributed by atoms with Crippen molar-refractivity contribution in [2.45, 2.75) is 20.3 Å². The van der Waals surface area contributed by atoms with Gasteiger partial charge in [0.05, 0.1) is 18.2 Å². The molecule has 1 aromatic heterocycles. The fourth-order valence-corrected chi connectivity index (χ4v) is 1.82. The van der Waals surface area contributed by atoms with Gasteiger partial charge in [0.1, 0.15) is 0 Å². The maximum Gasteiger partial charge on any atom is 0.0744 e. The number of hydrogen-bond acceptors (Lipinski definition) is 2. The molecular formula is C15H14N2. The molecule has 0 saturated heterocycles. The fraction of sp³-hybridized carbons (Fsp3) is 0.200. The summed E-state index contributed by atoms with van der Waals surface area (Å²) in [5.41, 5.74) is 5.50. The standard InChI is InChI=1S/C15H14N2/c1-11-5-6-14(10-12(11)2)15-13(7-8-16)4-3-9-17-15/h3-6,9-10H,7H2,1-2H3. The number of rotatable bonds is 2. The third kappa shape index (κ3) is 2.34. The van der Waals surface area contributed by atoms with Crippen molar-refractivity contribution in [2.75, 3.05) is 0 Å². The minimum atomic E-state index is 0.399. The summed E-state index contributed by atoms with van der Waals surface area (Å²) in [5, 5.41) is 8.81. The van der Waals surface area contributed by atoms with Crippen LogP contribution in [0.2, 0.25) is 0 Å². The highest BCUT2D eigenvalue weighted by molar-refractivity contribution is 5.64. The predicted molar refractivity (Wildman–Crippen MR) is 68.5 cm³/mol. The summed E-state index contributed by atoms with van der Waals surface area (Å²) in [4.78, 5) is 4.39. The molecule has 2 rings (SSSR count). The Kier molecular flexibility index (Phi) is 3.20. The van der Waals surface area contributed by atoms with Crippen molar-refractivity contribution in [3.63, 3.8) is 0 Å². The fourth-order valence-electron chi connectivity index (χ4n) is 1.82. The molecule has 0 bridgehead atoms. The Labute approximate surface area is 102 Å². The summed E-state index contributed by atoms with van der Waals surface area (Å²) in [6.07, 6.45) is 2.17. The Morgan fingerprint density at radius 2 is 2.00 bits per heavy atom. The second-order valence-corrected chi connectivity index (χ2v) is 4.15. The van der Waals surface area contributed by atoms with E-state index in [-0.39, 0.29) is 0 Å². The van der Waals surface area contributed by atoms with E-state index in [1.165, 1.54) is 11.1 Å². The lowest BCUT2D eigenvalue weighted by Crippen LogP contribution is -1.92.